The van der Waals surface area contributed by atoms with Crippen LogP contribution in [-0.2, 0) is 13.0 Å². The maximum Gasteiger partial charge on any atom is 0.131 e. The quantitative estimate of drug-likeness (QED) is 0.881. The summed E-state index contributed by atoms with van der Waals surface area (Å²) in [4.78, 5) is 13.1. The molecule has 0 aromatic carbocycles. The molecule has 0 atom stereocenters. The van der Waals surface area contributed by atoms with Gasteiger partial charge in [0.05, 0.1) is 17.2 Å². The molecular formula is C11H13BrN4S. The highest BCUT2D eigenvalue weighted by Crippen LogP contribution is 2.14. The van der Waals surface area contributed by atoms with Crippen LogP contribution in [0.2, 0.25) is 0 Å². The molecule has 2 rings (SSSR count). The molecule has 4 nitrogen and oxygen atoms in total. The standard InChI is InChI=1S/C11H13BrN4S/c1-3-10-15-9(12)4-11(16-10)13-5-8-6-17-7(2)14-8/h4,6H,3,5H2,1-2H3,(H,13,15,16). The van der Waals surface area contributed by atoms with Crippen molar-refractivity contribution < 1.29 is 0 Å². The van der Waals surface area contributed by atoms with E-state index in [-0.39, 0.29) is 0 Å². The topological polar surface area (TPSA) is 50.7 Å². The third kappa shape index (κ3) is 3.47. The Balaban J connectivity index is 2.05. The largest absolute Gasteiger partial charge is 0.364 e. The van der Waals surface area contributed by atoms with Crippen molar-refractivity contribution in [2.45, 2.75) is 26.8 Å². The van der Waals surface area contributed by atoms with Crippen molar-refractivity contribution in [2.75, 3.05) is 5.32 Å². The van der Waals surface area contributed by atoms with Gasteiger partial charge >= 0.3 is 0 Å². The first kappa shape index (κ1) is 12.4. The summed E-state index contributed by atoms with van der Waals surface area (Å²) in [7, 11) is 0. The number of rotatable bonds is 4. The maximum absolute atomic E-state index is 4.40. The zero-order chi connectivity index (χ0) is 12.3. The van der Waals surface area contributed by atoms with E-state index in [1.807, 2.05) is 19.9 Å². The summed E-state index contributed by atoms with van der Waals surface area (Å²) in [6, 6.07) is 1.87. The second-order valence-electron chi connectivity index (χ2n) is 3.56. The smallest absolute Gasteiger partial charge is 0.131 e. The Morgan fingerprint density at radius 2 is 2.18 bits per heavy atom. The summed E-state index contributed by atoms with van der Waals surface area (Å²) >= 11 is 5.04. The van der Waals surface area contributed by atoms with Crippen LogP contribution in [0.25, 0.3) is 0 Å². The second kappa shape index (κ2) is 5.55. The molecule has 0 saturated heterocycles. The molecule has 0 aliphatic carbocycles. The predicted molar refractivity (Wildman–Crippen MR) is 73.3 cm³/mol. The van der Waals surface area contributed by atoms with Crippen molar-refractivity contribution in [1.29, 1.82) is 0 Å². The lowest BCUT2D eigenvalue weighted by atomic mass is 10.4. The van der Waals surface area contributed by atoms with E-state index in [4.69, 9.17) is 0 Å². The average molecular weight is 313 g/mol. The Morgan fingerprint density at radius 3 is 2.82 bits per heavy atom. The van der Waals surface area contributed by atoms with Gasteiger partial charge in [-0.25, -0.2) is 15.0 Å². The van der Waals surface area contributed by atoms with Crippen molar-refractivity contribution in [3.63, 3.8) is 0 Å². The molecule has 0 bridgehead atoms. The number of thiazole rings is 1. The van der Waals surface area contributed by atoms with Gasteiger partial charge in [0.1, 0.15) is 16.2 Å². The van der Waals surface area contributed by atoms with E-state index in [1.54, 1.807) is 11.3 Å². The number of aryl methyl sites for hydroxylation is 2. The van der Waals surface area contributed by atoms with Gasteiger partial charge in [-0.3, -0.25) is 0 Å². The normalized spacial score (nSPS) is 10.5. The molecule has 90 valence electrons. The Labute approximate surface area is 113 Å². The predicted octanol–water partition coefficient (Wildman–Crippen LogP) is 3.18. The summed E-state index contributed by atoms with van der Waals surface area (Å²) in [6.07, 6.45) is 0.823. The molecule has 6 heteroatoms. The third-order valence-corrected chi connectivity index (χ3v) is 3.40. The van der Waals surface area contributed by atoms with E-state index in [2.05, 4.69) is 41.6 Å². The van der Waals surface area contributed by atoms with Crippen LogP contribution in [-0.4, -0.2) is 15.0 Å². The minimum Gasteiger partial charge on any atom is -0.364 e. The zero-order valence-electron chi connectivity index (χ0n) is 9.70. The van der Waals surface area contributed by atoms with Gasteiger partial charge in [-0.1, -0.05) is 6.92 Å². The van der Waals surface area contributed by atoms with E-state index < -0.39 is 0 Å². The summed E-state index contributed by atoms with van der Waals surface area (Å²) in [5, 5.41) is 6.39. The van der Waals surface area contributed by atoms with Gasteiger partial charge < -0.3 is 5.32 Å². The van der Waals surface area contributed by atoms with Crippen LogP contribution in [0.5, 0.6) is 0 Å². The molecule has 0 unspecified atom stereocenters. The Kier molecular flexibility index (Phi) is 4.06. The van der Waals surface area contributed by atoms with Crippen molar-refractivity contribution in [2.24, 2.45) is 0 Å². The number of hydrogen-bond donors (Lipinski definition) is 1. The monoisotopic (exact) mass is 312 g/mol. The Hall–Kier alpha value is -1.01. The van der Waals surface area contributed by atoms with E-state index >= 15 is 0 Å². The number of halogens is 1. The molecule has 0 spiro atoms. The molecule has 0 radical (unpaired) electrons. The number of hydrogen-bond acceptors (Lipinski definition) is 5. The van der Waals surface area contributed by atoms with Crippen LogP contribution in [0.4, 0.5) is 5.82 Å². The SMILES string of the molecule is CCc1nc(Br)cc(NCc2csc(C)n2)n1. The fraction of sp³-hybridized carbons (Fsp3) is 0.364. The molecule has 0 saturated carbocycles. The number of nitrogens with one attached hydrogen (secondary N) is 1. The van der Waals surface area contributed by atoms with Crippen LogP contribution in [0, 0.1) is 6.92 Å². The minimum absolute atomic E-state index is 0.691. The van der Waals surface area contributed by atoms with Gasteiger partial charge in [-0.2, -0.15) is 0 Å². The molecular weight excluding hydrogens is 300 g/mol. The maximum atomic E-state index is 4.40. The van der Waals surface area contributed by atoms with Gasteiger partial charge in [0.25, 0.3) is 0 Å². The van der Waals surface area contributed by atoms with Crippen LogP contribution < -0.4 is 5.32 Å². The number of aromatic nitrogens is 3. The third-order valence-electron chi connectivity index (χ3n) is 2.17. The highest BCUT2D eigenvalue weighted by molar-refractivity contribution is 9.10. The van der Waals surface area contributed by atoms with E-state index in [0.717, 1.165) is 33.4 Å². The van der Waals surface area contributed by atoms with Crippen molar-refractivity contribution in [3.05, 3.63) is 32.6 Å². The van der Waals surface area contributed by atoms with Crippen LogP contribution in [0.15, 0.2) is 16.0 Å². The molecule has 0 aliphatic rings. The fourth-order valence-electron chi connectivity index (χ4n) is 1.38. The number of nitrogens with zero attached hydrogens (tertiary/aromatic N) is 3. The molecule has 17 heavy (non-hydrogen) atoms. The lowest BCUT2D eigenvalue weighted by Gasteiger charge is -2.05. The van der Waals surface area contributed by atoms with Crippen molar-refractivity contribution in [3.8, 4) is 0 Å². The summed E-state index contributed by atoms with van der Waals surface area (Å²) in [5.41, 5.74) is 1.04. The van der Waals surface area contributed by atoms with E-state index in [9.17, 15) is 0 Å². The molecule has 2 aromatic heterocycles. The summed E-state index contributed by atoms with van der Waals surface area (Å²) < 4.78 is 0.807. The van der Waals surface area contributed by atoms with Gasteiger partial charge in [-0.15, -0.1) is 11.3 Å². The molecule has 0 fully saturated rings. The van der Waals surface area contributed by atoms with Crippen LogP contribution in [0.3, 0.4) is 0 Å². The highest BCUT2D eigenvalue weighted by Gasteiger charge is 2.03. The Bertz CT molecular complexity index is 512. The van der Waals surface area contributed by atoms with E-state index in [1.165, 1.54) is 0 Å². The Morgan fingerprint density at radius 1 is 1.35 bits per heavy atom. The molecule has 0 amide bonds. The number of anilines is 1. The van der Waals surface area contributed by atoms with Crippen molar-refractivity contribution in [1.82, 2.24) is 15.0 Å². The van der Waals surface area contributed by atoms with Crippen LogP contribution >= 0.6 is 27.3 Å². The first-order chi connectivity index (χ1) is 8.17. The highest BCUT2D eigenvalue weighted by atomic mass is 79.9. The fourth-order valence-corrected chi connectivity index (χ4v) is 2.42. The second-order valence-corrected chi connectivity index (χ2v) is 5.43. The van der Waals surface area contributed by atoms with Crippen LogP contribution in [0.1, 0.15) is 23.4 Å². The first-order valence-electron chi connectivity index (χ1n) is 5.35. The van der Waals surface area contributed by atoms with Gasteiger partial charge in [-0.05, 0) is 22.9 Å². The first-order valence-corrected chi connectivity index (χ1v) is 7.03. The lowest BCUT2D eigenvalue weighted by Crippen LogP contribution is -2.04. The molecule has 0 aliphatic heterocycles. The van der Waals surface area contributed by atoms with E-state index in [0.29, 0.717) is 6.54 Å². The molecule has 1 N–H and O–H groups in total. The van der Waals surface area contributed by atoms with Gasteiger partial charge in [0.15, 0.2) is 0 Å². The zero-order valence-corrected chi connectivity index (χ0v) is 12.1. The summed E-state index contributed by atoms with van der Waals surface area (Å²) in [5.74, 6) is 1.66. The molecule has 2 aromatic rings. The molecule has 2 heterocycles. The lowest BCUT2D eigenvalue weighted by molar-refractivity contribution is 0.918. The van der Waals surface area contributed by atoms with Crippen molar-refractivity contribution >= 4 is 33.1 Å². The summed E-state index contributed by atoms with van der Waals surface area (Å²) in [6.45, 7) is 4.73. The minimum atomic E-state index is 0.691. The van der Waals surface area contributed by atoms with Gasteiger partial charge in [0, 0.05) is 17.9 Å². The van der Waals surface area contributed by atoms with Gasteiger partial charge in [0.2, 0.25) is 0 Å². The average Bonchev–Trinajstić information content (AvgIpc) is 2.72.